The summed E-state index contributed by atoms with van der Waals surface area (Å²) < 4.78 is 12.5. The van der Waals surface area contributed by atoms with Crippen molar-refractivity contribution in [3.8, 4) is 5.75 Å². The predicted molar refractivity (Wildman–Crippen MR) is 166 cm³/mol. The van der Waals surface area contributed by atoms with Crippen molar-refractivity contribution in [3.05, 3.63) is 139 Å². The average Bonchev–Trinajstić information content (AvgIpc) is 3.48. The summed E-state index contributed by atoms with van der Waals surface area (Å²) in [7, 11) is 1.57. The van der Waals surface area contributed by atoms with E-state index < -0.39 is 17.6 Å². The molecular weight excluding hydrogens is 562 g/mol. The summed E-state index contributed by atoms with van der Waals surface area (Å²) in [5.74, 6) is -0.211. The zero-order chi connectivity index (χ0) is 30.2. The third-order valence-corrected chi connectivity index (χ3v) is 8.65. The highest BCUT2D eigenvalue weighted by molar-refractivity contribution is 7.07. The van der Waals surface area contributed by atoms with E-state index in [1.165, 1.54) is 10.6 Å². The molecule has 43 heavy (non-hydrogen) atoms. The molecule has 0 fully saturated rings. The van der Waals surface area contributed by atoms with Crippen molar-refractivity contribution in [3.63, 3.8) is 0 Å². The van der Waals surface area contributed by atoms with Gasteiger partial charge in [0.05, 0.1) is 42.2 Å². The number of hydrogen-bond donors (Lipinski definition) is 0. The Morgan fingerprint density at radius 1 is 1.02 bits per heavy atom. The molecule has 8 nitrogen and oxygen atoms in total. The van der Waals surface area contributed by atoms with Crippen molar-refractivity contribution in [2.24, 2.45) is 4.99 Å². The van der Waals surface area contributed by atoms with Crippen LogP contribution in [0.1, 0.15) is 35.2 Å². The number of aryl methyl sites for hydroxylation is 1. The Hall–Kier alpha value is -5.02. The zero-order valence-electron chi connectivity index (χ0n) is 24.0. The molecule has 0 saturated heterocycles. The topological polar surface area (TPSA) is 90.2 Å². The molecule has 0 radical (unpaired) electrons. The maximum atomic E-state index is 14.4. The van der Waals surface area contributed by atoms with E-state index in [0.717, 1.165) is 28.2 Å². The second-order valence-electron chi connectivity index (χ2n) is 10.3. The number of para-hydroxylation sites is 1. The summed E-state index contributed by atoms with van der Waals surface area (Å²) in [5.41, 5.74) is 4.83. The highest BCUT2D eigenvalue weighted by Gasteiger charge is 2.37. The predicted octanol–water partition coefficient (Wildman–Crippen LogP) is 4.20. The van der Waals surface area contributed by atoms with Gasteiger partial charge in [-0.2, -0.15) is 0 Å². The number of amides is 1. The standard InChI is InChI=1S/C34H29N3O5S/c1-5-18-42-33(40)27-21(3)35-34-37(29(27)23-14-16-24(41-4)17-15-23)32(39)30(43-34)28-25-8-6-7-9-26(25)36(31(28)38)19-22-12-10-20(2)11-13-22/h5-17,29H,1,18-19H2,2-4H3/b30-28-/t29-/m1/s1. The first kappa shape index (κ1) is 28.1. The Morgan fingerprint density at radius 3 is 2.44 bits per heavy atom. The van der Waals surface area contributed by atoms with Gasteiger partial charge in [0.1, 0.15) is 16.9 Å². The van der Waals surface area contributed by atoms with Crippen molar-refractivity contribution in [1.29, 1.82) is 0 Å². The monoisotopic (exact) mass is 591 g/mol. The van der Waals surface area contributed by atoms with E-state index in [1.807, 2.05) is 67.6 Å². The number of aromatic nitrogens is 1. The van der Waals surface area contributed by atoms with Gasteiger partial charge in [-0.3, -0.25) is 14.2 Å². The van der Waals surface area contributed by atoms with Gasteiger partial charge in [-0.15, -0.1) is 0 Å². The number of carbonyl (C=O) groups is 2. The molecule has 0 saturated carbocycles. The first-order chi connectivity index (χ1) is 20.8. The van der Waals surface area contributed by atoms with Crippen molar-refractivity contribution in [2.75, 3.05) is 18.6 Å². The van der Waals surface area contributed by atoms with E-state index in [0.29, 0.717) is 39.5 Å². The van der Waals surface area contributed by atoms with Crippen LogP contribution in [0.4, 0.5) is 5.69 Å². The second kappa shape index (κ2) is 11.3. The van der Waals surface area contributed by atoms with Crippen LogP contribution in [0.2, 0.25) is 0 Å². The van der Waals surface area contributed by atoms with Gasteiger partial charge in [0.15, 0.2) is 4.80 Å². The van der Waals surface area contributed by atoms with Crippen LogP contribution in [-0.4, -0.2) is 30.2 Å². The number of methoxy groups -OCH3 is 1. The van der Waals surface area contributed by atoms with Gasteiger partial charge in [0.2, 0.25) is 0 Å². The molecule has 1 atom stereocenters. The van der Waals surface area contributed by atoms with Gasteiger partial charge in [0, 0.05) is 5.56 Å². The SMILES string of the molecule is C=CCOC(=O)C1=C(C)N=c2s/c(=C3\C(=O)N(Cc4ccc(C)cc4)c4ccccc43)c(=O)n2[C@@H]1c1ccc(OC)cc1. The molecule has 0 N–H and O–H groups in total. The van der Waals surface area contributed by atoms with Gasteiger partial charge in [-0.25, -0.2) is 9.79 Å². The lowest BCUT2D eigenvalue weighted by Gasteiger charge is -2.24. The number of benzene rings is 3. The summed E-state index contributed by atoms with van der Waals surface area (Å²) in [6.45, 7) is 7.75. The van der Waals surface area contributed by atoms with Crippen LogP contribution < -0.4 is 24.5 Å². The molecule has 9 heteroatoms. The average molecular weight is 592 g/mol. The van der Waals surface area contributed by atoms with Crippen LogP contribution in [0.3, 0.4) is 0 Å². The molecular formula is C34H29N3O5S. The van der Waals surface area contributed by atoms with Crippen LogP contribution in [-0.2, 0) is 20.9 Å². The van der Waals surface area contributed by atoms with Gasteiger partial charge in [0.25, 0.3) is 11.5 Å². The molecule has 0 spiro atoms. The molecule has 4 aromatic rings. The number of thiazole rings is 1. The zero-order valence-corrected chi connectivity index (χ0v) is 24.8. The van der Waals surface area contributed by atoms with E-state index in [9.17, 15) is 14.4 Å². The lowest BCUT2D eigenvalue weighted by Crippen LogP contribution is -2.41. The molecule has 1 amide bonds. The van der Waals surface area contributed by atoms with Gasteiger partial charge in [-0.05, 0) is 43.2 Å². The largest absolute Gasteiger partial charge is 0.497 e. The molecule has 0 bridgehead atoms. The fourth-order valence-corrected chi connectivity index (χ4v) is 6.62. The van der Waals surface area contributed by atoms with E-state index in [-0.39, 0.29) is 22.6 Å². The number of allylic oxidation sites excluding steroid dienone is 1. The van der Waals surface area contributed by atoms with Gasteiger partial charge >= 0.3 is 5.97 Å². The Balaban J connectivity index is 1.55. The van der Waals surface area contributed by atoms with Crippen molar-refractivity contribution < 1.29 is 19.1 Å². The van der Waals surface area contributed by atoms with Crippen molar-refractivity contribution >= 4 is 34.5 Å². The minimum Gasteiger partial charge on any atom is -0.497 e. The molecule has 3 heterocycles. The molecule has 2 aliphatic heterocycles. The molecule has 3 aromatic carbocycles. The minimum atomic E-state index is -0.816. The minimum absolute atomic E-state index is 0.0155. The van der Waals surface area contributed by atoms with Crippen LogP contribution >= 0.6 is 11.3 Å². The summed E-state index contributed by atoms with van der Waals surface area (Å²) in [5, 5.41) is 0. The van der Waals surface area contributed by atoms with Crippen LogP contribution in [0.25, 0.3) is 5.57 Å². The number of anilines is 1. The molecule has 1 aromatic heterocycles. The summed E-state index contributed by atoms with van der Waals surface area (Å²) >= 11 is 1.15. The maximum Gasteiger partial charge on any atom is 0.338 e. The Kier molecular flexibility index (Phi) is 7.41. The first-order valence-corrected chi connectivity index (χ1v) is 14.6. The van der Waals surface area contributed by atoms with E-state index in [4.69, 9.17) is 9.47 Å². The van der Waals surface area contributed by atoms with Crippen LogP contribution in [0.15, 0.2) is 107 Å². The van der Waals surface area contributed by atoms with Crippen molar-refractivity contribution in [1.82, 2.24) is 4.57 Å². The lowest BCUT2D eigenvalue weighted by molar-refractivity contribution is -0.138. The van der Waals surface area contributed by atoms with Crippen LogP contribution in [0, 0.1) is 6.92 Å². The molecule has 6 rings (SSSR count). The Bertz CT molecular complexity index is 1980. The third-order valence-electron chi connectivity index (χ3n) is 7.59. The van der Waals surface area contributed by atoms with E-state index >= 15 is 0 Å². The van der Waals surface area contributed by atoms with E-state index in [2.05, 4.69) is 11.6 Å². The quantitative estimate of drug-likeness (QED) is 0.238. The summed E-state index contributed by atoms with van der Waals surface area (Å²) in [6, 6.07) is 21.9. The summed E-state index contributed by atoms with van der Waals surface area (Å²) in [4.78, 5) is 48.5. The van der Waals surface area contributed by atoms with E-state index in [1.54, 1.807) is 31.1 Å². The maximum absolute atomic E-state index is 14.4. The number of esters is 1. The number of nitrogens with zero attached hydrogens (tertiary/aromatic N) is 3. The number of rotatable bonds is 7. The summed E-state index contributed by atoms with van der Waals surface area (Å²) in [6.07, 6.45) is 1.48. The number of fused-ring (bicyclic) bond motifs is 2. The molecule has 0 aliphatic carbocycles. The smallest absolute Gasteiger partial charge is 0.338 e. The normalized spacial score (nSPS) is 16.9. The second-order valence-corrected chi connectivity index (χ2v) is 11.3. The Morgan fingerprint density at radius 2 is 1.74 bits per heavy atom. The highest BCUT2D eigenvalue weighted by Crippen LogP contribution is 2.37. The highest BCUT2D eigenvalue weighted by atomic mass is 32.1. The van der Waals surface area contributed by atoms with Gasteiger partial charge in [-0.1, -0.05) is 84.2 Å². The number of carbonyl (C=O) groups excluding carboxylic acids is 2. The Labute approximate surface area is 252 Å². The first-order valence-electron chi connectivity index (χ1n) is 13.8. The fourth-order valence-electron chi connectivity index (χ4n) is 5.48. The van der Waals surface area contributed by atoms with Crippen molar-refractivity contribution in [2.45, 2.75) is 26.4 Å². The number of hydrogen-bond acceptors (Lipinski definition) is 7. The fraction of sp³-hybridized carbons (Fsp3) is 0.176. The molecule has 2 aliphatic rings. The number of ether oxygens (including phenoxy) is 2. The third kappa shape index (κ3) is 4.91. The lowest BCUT2D eigenvalue weighted by atomic mass is 9.96. The molecule has 0 unspecified atom stereocenters. The van der Waals surface area contributed by atoms with Gasteiger partial charge < -0.3 is 14.4 Å². The van der Waals surface area contributed by atoms with Crippen LogP contribution in [0.5, 0.6) is 5.75 Å². The molecule has 216 valence electrons.